The van der Waals surface area contributed by atoms with Gasteiger partial charge in [-0.1, -0.05) is 6.07 Å². The summed E-state index contributed by atoms with van der Waals surface area (Å²) in [4.78, 5) is 12.1. The first-order valence-corrected chi connectivity index (χ1v) is 6.65. The Balaban J connectivity index is 2.09. The number of aryl methyl sites for hydroxylation is 1. The van der Waals surface area contributed by atoms with Crippen LogP contribution in [0.5, 0.6) is 5.75 Å². The van der Waals surface area contributed by atoms with Crippen LogP contribution in [0.2, 0.25) is 0 Å². The van der Waals surface area contributed by atoms with Crippen LogP contribution in [-0.2, 0) is 0 Å². The van der Waals surface area contributed by atoms with E-state index in [9.17, 15) is 4.79 Å². The first-order chi connectivity index (χ1) is 8.61. The van der Waals surface area contributed by atoms with Crippen molar-refractivity contribution >= 4 is 17.5 Å². The standard InChI is InChI=1S/C14H18ClNO2/c1-9-6-7-10(8-13(9)18-2)14(17)16-12-5-3-4-11(12)15/h6-8,11-12H,3-5H2,1-2H3,(H,16,17). The van der Waals surface area contributed by atoms with Gasteiger partial charge in [-0.05, 0) is 43.9 Å². The van der Waals surface area contributed by atoms with Crippen LogP contribution in [0.4, 0.5) is 0 Å². The minimum atomic E-state index is -0.0779. The number of ether oxygens (including phenoxy) is 1. The average molecular weight is 268 g/mol. The van der Waals surface area contributed by atoms with Gasteiger partial charge in [0.25, 0.3) is 5.91 Å². The van der Waals surface area contributed by atoms with Crippen LogP contribution in [0.1, 0.15) is 35.2 Å². The number of alkyl halides is 1. The number of rotatable bonds is 3. The second-order valence-electron chi connectivity index (χ2n) is 4.71. The molecule has 0 saturated heterocycles. The van der Waals surface area contributed by atoms with Gasteiger partial charge in [0, 0.05) is 11.6 Å². The lowest BCUT2D eigenvalue weighted by molar-refractivity contribution is 0.0938. The van der Waals surface area contributed by atoms with Gasteiger partial charge in [-0.25, -0.2) is 0 Å². The molecule has 4 heteroatoms. The zero-order valence-electron chi connectivity index (χ0n) is 10.7. The molecule has 1 aliphatic carbocycles. The molecule has 1 saturated carbocycles. The molecule has 0 aromatic heterocycles. The maximum absolute atomic E-state index is 12.1. The van der Waals surface area contributed by atoms with E-state index in [-0.39, 0.29) is 17.3 Å². The van der Waals surface area contributed by atoms with Crippen LogP contribution in [0.25, 0.3) is 0 Å². The van der Waals surface area contributed by atoms with Crippen molar-refractivity contribution in [2.75, 3.05) is 7.11 Å². The fourth-order valence-corrected chi connectivity index (χ4v) is 2.63. The number of halogens is 1. The molecule has 0 radical (unpaired) electrons. The van der Waals surface area contributed by atoms with Crippen molar-refractivity contribution in [3.8, 4) is 5.75 Å². The van der Waals surface area contributed by atoms with Crippen LogP contribution in [0, 0.1) is 6.92 Å². The molecule has 2 unspecified atom stereocenters. The fraction of sp³-hybridized carbons (Fsp3) is 0.500. The van der Waals surface area contributed by atoms with Gasteiger partial charge in [-0.3, -0.25) is 4.79 Å². The summed E-state index contributed by atoms with van der Waals surface area (Å²) in [5.74, 6) is 0.655. The third-order valence-electron chi connectivity index (χ3n) is 3.42. The first kappa shape index (κ1) is 13.2. The van der Waals surface area contributed by atoms with E-state index in [1.54, 1.807) is 13.2 Å². The molecule has 18 heavy (non-hydrogen) atoms. The summed E-state index contributed by atoms with van der Waals surface area (Å²) in [6.45, 7) is 1.95. The summed E-state index contributed by atoms with van der Waals surface area (Å²) in [6, 6.07) is 5.56. The molecule has 0 spiro atoms. The summed E-state index contributed by atoms with van der Waals surface area (Å²) >= 11 is 6.15. The molecule has 1 amide bonds. The van der Waals surface area contributed by atoms with Gasteiger partial charge < -0.3 is 10.1 Å². The molecule has 1 aromatic carbocycles. The first-order valence-electron chi connectivity index (χ1n) is 6.21. The van der Waals surface area contributed by atoms with Crippen molar-refractivity contribution in [3.63, 3.8) is 0 Å². The Labute approximate surface area is 112 Å². The Hall–Kier alpha value is -1.22. The highest BCUT2D eigenvalue weighted by atomic mass is 35.5. The average Bonchev–Trinajstić information content (AvgIpc) is 2.75. The minimum absolute atomic E-state index is 0.0568. The van der Waals surface area contributed by atoms with E-state index in [4.69, 9.17) is 16.3 Å². The lowest BCUT2D eigenvalue weighted by Gasteiger charge is -2.16. The molecular formula is C14H18ClNO2. The van der Waals surface area contributed by atoms with Gasteiger partial charge in [0.05, 0.1) is 12.5 Å². The number of amides is 1. The zero-order valence-corrected chi connectivity index (χ0v) is 11.5. The lowest BCUT2D eigenvalue weighted by Crippen LogP contribution is -2.37. The molecule has 1 fully saturated rings. The Bertz CT molecular complexity index is 447. The topological polar surface area (TPSA) is 38.3 Å². The number of benzene rings is 1. The maximum atomic E-state index is 12.1. The highest BCUT2D eigenvalue weighted by Gasteiger charge is 2.27. The van der Waals surface area contributed by atoms with Crippen molar-refractivity contribution in [1.29, 1.82) is 0 Å². The van der Waals surface area contributed by atoms with Crippen molar-refractivity contribution in [3.05, 3.63) is 29.3 Å². The number of hydrogen-bond acceptors (Lipinski definition) is 2. The van der Waals surface area contributed by atoms with E-state index in [0.29, 0.717) is 5.56 Å². The highest BCUT2D eigenvalue weighted by molar-refractivity contribution is 6.21. The largest absolute Gasteiger partial charge is 0.496 e. The molecule has 1 aromatic rings. The fourth-order valence-electron chi connectivity index (χ4n) is 2.29. The zero-order chi connectivity index (χ0) is 13.1. The van der Waals surface area contributed by atoms with Gasteiger partial charge in [0.15, 0.2) is 0 Å². The smallest absolute Gasteiger partial charge is 0.251 e. The predicted octanol–water partition coefficient (Wildman–Crippen LogP) is 2.89. The maximum Gasteiger partial charge on any atom is 0.251 e. The van der Waals surface area contributed by atoms with Crippen molar-refractivity contribution in [2.24, 2.45) is 0 Å². The van der Waals surface area contributed by atoms with Gasteiger partial charge in [0.1, 0.15) is 5.75 Å². The van der Waals surface area contributed by atoms with E-state index >= 15 is 0 Å². The third kappa shape index (κ3) is 2.78. The summed E-state index contributed by atoms with van der Waals surface area (Å²) in [5.41, 5.74) is 1.64. The summed E-state index contributed by atoms with van der Waals surface area (Å²) in [5, 5.41) is 3.05. The van der Waals surface area contributed by atoms with E-state index in [1.165, 1.54) is 0 Å². The van der Waals surface area contributed by atoms with E-state index < -0.39 is 0 Å². The van der Waals surface area contributed by atoms with Crippen LogP contribution >= 0.6 is 11.6 Å². The van der Waals surface area contributed by atoms with Gasteiger partial charge in [0.2, 0.25) is 0 Å². The predicted molar refractivity (Wildman–Crippen MR) is 72.5 cm³/mol. The second kappa shape index (κ2) is 5.61. The van der Waals surface area contributed by atoms with Gasteiger partial charge in [-0.15, -0.1) is 11.6 Å². The molecule has 0 aliphatic heterocycles. The Morgan fingerprint density at radius 2 is 2.22 bits per heavy atom. The molecule has 1 aliphatic rings. The van der Waals surface area contributed by atoms with Crippen molar-refractivity contribution < 1.29 is 9.53 Å². The Morgan fingerprint density at radius 3 is 2.83 bits per heavy atom. The number of nitrogens with one attached hydrogen (secondary N) is 1. The second-order valence-corrected chi connectivity index (χ2v) is 5.27. The molecule has 2 atom stereocenters. The van der Waals surface area contributed by atoms with Gasteiger partial charge in [-0.2, -0.15) is 0 Å². The van der Waals surface area contributed by atoms with Crippen molar-refractivity contribution in [2.45, 2.75) is 37.6 Å². The highest BCUT2D eigenvalue weighted by Crippen LogP contribution is 2.25. The SMILES string of the molecule is COc1cc(C(=O)NC2CCCC2Cl)ccc1C. The number of carbonyl (C=O) groups excluding carboxylic acids is 1. The Morgan fingerprint density at radius 1 is 1.44 bits per heavy atom. The van der Waals surface area contributed by atoms with E-state index in [1.807, 2.05) is 19.1 Å². The molecule has 2 rings (SSSR count). The molecule has 3 nitrogen and oxygen atoms in total. The summed E-state index contributed by atoms with van der Waals surface area (Å²) in [6.07, 6.45) is 3.02. The van der Waals surface area contributed by atoms with Crippen LogP contribution in [0.3, 0.4) is 0 Å². The summed E-state index contributed by atoms with van der Waals surface area (Å²) < 4.78 is 5.22. The monoisotopic (exact) mass is 267 g/mol. The summed E-state index contributed by atoms with van der Waals surface area (Å²) in [7, 11) is 1.61. The number of carbonyl (C=O) groups is 1. The lowest BCUT2D eigenvalue weighted by atomic mass is 10.1. The van der Waals surface area contributed by atoms with E-state index in [2.05, 4.69) is 5.32 Å². The molecule has 0 bridgehead atoms. The van der Waals surface area contributed by atoms with Crippen LogP contribution in [0.15, 0.2) is 18.2 Å². The minimum Gasteiger partial charge on any atom is -0.496 e. The number of methoxy groups -OCH3 is 1. The van der Waals surface area contributed by atoms with Crippen LogP contribution < -0.4 is 10.1 Å². The van der Waals surface area contributed by atoms with Crippen LogP contribution in [-0.4, -0.2) is 24.4 Å². The van der Waals surface area contributed by atoms with Gasteiger partial charge >= 0.3 is 0 Å². The normalized spacial score (nSPS) is 22.8. The quantitative estimate of drug-likeness (QED) is 0.856. The third-order valence-corrected chi connectivity index (χ3v) is 3.94. The number of hydrogen-bond donors (Lipinski definition) is 1. The molecule has 1 N–H and O–H groups in total. The van der Waals surface area contributed by atoms with Crippen molar-refractivity contribution in [1.82, 2.24) is 5.32 Å². The molecule has 0 heterocycles. The molecular weight excluding hydrogens is 250 g/mol. The Kier molecular flexibility index (Phi) is 4.12. The molecule has 98 valence electrons. The van der Waals surface area contributed by atoms with E-state index in [0.717, 1.165) is 30.6 Å².